The van der Waals surface area contributed by atoms with E-state index in [1.807, 2.05) is 10.9 Å². The summed E-state index contributed by atoms with van der Waals surface area (Å²) < 4.78 is 10.0. The molecule has 3 aromatic rings. The van der Waals surface area contributed by atoms with Gasteiger partial charge in [-0.05, 0) is 0 Å². The van der Waals surface area contributed by atoms with Crippen LogP contribution in [-0.4, -0.2) is 19.9 Å². The van der Waals surface area contributed by atoms with Crippen molar-refractivity contribution in [3.8, 4) is 0 Å². The van der Waals surface area contributed by atoms with Gasteiger partial charge in [-0.15, -0.1) is 11.3 Å². The van der Waals surface area contributed by atoms with E-state index in [4.69, 9.17) is 8.83 Å². The maximum absolute atomic E-state index is 5.00. The maximum atomic E-state index is 5.00. The molecule has 0 atom stereocenters. The van der Waals surface area contributed by atoms with Crippen LogP contribution in [0.3, 0.4) is 0 Å². The van der Waals surface area contributed by atoms with Gasteiger partial charge in [-0.2, -0.15) is 0 Å². The summed E-state index contributed by atoms with van der Waals surface area (Å²) in [4.78, 5) is 14.8. The van der Waals surface area contributed by atoms with E-state index in [9.17, 15) is 0 Å². The molecule has 0 fully saturated rings. The third kappa shape index (κ3) is 3.27. The van der Waals surface area contributed by atoms with Crippen molar-refractivity contribution in [3.05, 3.63) is 53.3 Å². The zero-order valence-corrected chi connectivity index (χ0v) is 10.9. The van der Waals surface area contributed by atoms with Crippen LogP contribution < -0.4 is 0 Å². The minimum absolute atomic E-state index is 0.681. The van der Waals surface area contributed by atoms with Gasteiger partial charge in [0.05, 0.1) is 22.6 Å². The van der Waals surface area contributed by atoms with Gasteiger partial charge < -0.3 is 8.83 Å². The lowest BCUT2D eigenvalue weighted by Gasteiger charge is -2.18. The minimum Gasteiger partial charge on any atom is -0.451 e. The molecule has 0 bridgehead atoms. The third-order valence-corrected chi connectivity index (χ3v) is 3.24. The van der Waals surface area contributed by atoms with Crippen molar-refractivity contribution in [2.24, 2.45) is 0 Å². The Balaban J connectivity index is 1.70. The highest BCUT2D eigenvalue weighted by atomic mass is 32.1. The summed E-state index contributed by atoms with van der Waals surface area (Å²) in [6.07, 6.45) is 6.17. The number of oxazole rings is 2. The van der Waals surface area contributed by atoms with Crippen LogP contribution in [0.1, 0.15) is 17.1 Å². The van der Waals surface area contributed by atoms with E-state index in [2.05, 4.69) is 19.9 Å². The molecule has 0 saturated heterocycles. The standard InChI is InChI=1S/C12H12N4O2S/c1(10-4-17-7-13-10)16(2-11-5-18-8-14-11)3-12-6-19-9-15-12/h4-9H,1-3H2. The number of nitrogens with zero attached hydrogens (tertiary/aromatic N) is 4. The molecule has 0 N–H and O–H groups in total. The topological polar surface area (TPSA) is 68.2 Å². The van der Waals surface area contributed by atoms with E-state index in [1.54, 1.807) is 23.9 Å². The van der Waals surface area contributed by atoms with Crippen molar-refractivity contribution in [1.29, 1.82) is 0 Å². The zero-order valence-electron chi connectivity index (χ0n) is 10.1. The minimum atomic E-state index is 0.681. The fourth-order valence-corrected chi connectivity index (χ4v) is 2.35. The molecule has 19 heavy (non-hydrogen) atoms. The van der Waals surface area contributed by atoms with Crippen molar-refractivity contribution in [1.82, 2.24) is 19.9 Å². The van der Waals surface area contributed by atoms with Crippen molar-refractivity contribution in [2.45, 2.75) is 19.6 Å². The van der Waals surface area contributed by atoms with Crippen LogP contribution in [0.2, 0.25) is 0 Å². The van der Waals surface area contributed by atoms with E-state index in [0.29, 0.717) is 13.1 Å². The van der Waals surface area contributed by atoms with Gasteiger partial charge >= 0.3 is 0 Å². The smallest absolute Gasteiger partial charge is 0.180 e. The highest BCUT2D eigenvalue weighted by Crippen LogP contribution is 2.12. The molecule has 0 aromatic carbocycles. The van der Waals surface area contributed by atoms with Crippen molar-refractivity contribution in [2.75, 3.05) is 0 Å². The van der Waals surface area contributed by atoms with Crippen LogP contribution in [0, 0.1) is 0 Å². The Labute approximate surface area is 113 Å². The molecule has 0 aliphatic rings. The highest BCUT2D eigenvalue weighted by Gasteiger charge is 2.12. The lowest BCUT2D eigenvalue weighted by Crippen LogP contribution is -2.22. The zero-order chi connectivity index (χ0) is 12.9. The quantitative estimate of drug-likeness (QED) is 0.688. The van der Waals surface area contributed by atoms with Crippen LogP contribution in [0.4, 0.5) is 0 Å². The average molecular weight is 276 g/mol. The van der Waals surface area contributed by atoms with Crippen molar-refractivity contribution in [3.63, 3.8) is 0 Å². The molecule has 6 nitrogen and oxygen atoms in total. The third-order valence-electron chi connectivity index (χ3n) is 2.61. The van der Waals surface area contributed by atoms with Gasteiger partial charge in [0.2, 0.25) is 0 Å². The van der Waals surface area contributed by atoms with E-state index < -0.39 is 0 Å². The Bertz CT molecular complexity index is 491. The Kier molecular flexibility index (Phi) is 3.66. The Hall–Kier alpha value is -1.99. The Morgan fingerprint density at radius 1 is 0.895 bits per heavy atom. The summed E-state index contributed by atoms with van der Waals surface area (Å²) in [6.45, 7) is 2.10. The van der Waals surface area contributed by atoms with E-state index >= 15 is 0 Å². The maximum Gasteiger partial charge on any atom is 0.180 e. The molecule has 0 amide bonds. The van der Waals surface area contributed by atoms with Crippen molar-refractivity contribution < 1.29 is 8.83 Å². The van der Waals surface area contributed by atoms with Gasteiger partial charge in [-0.25, -0.2) is 15.0 Å². The number of rotatable bonds is 6. The lowest BCUT2D eigenvalue weighted by molar-refractivity contribution is 0.239. The first-order valence-electron chi connectivity index (χ1n) is 5.73. The van der Waals surface area contributed by atoms with Crippen LogP contribution >= 0.6 is 11.3 Å². The first kappa shape index (κ1) is 12.1. The van der Waals surface area contributed by atoms with Gasteiger partial charge in [-0.1, -0.05) is 0 Å². The van der Waals surface area contributed by atoms with E-state index in [0.717, 1.165) is 23.6 Å². The molecule has 0 unspecified atom stereocenters. The number of hydrogen-bond donors (Lipinski definition) is 0. The molecule has 3 aromatic heterocycles. The highest BCUT2D eigenvalue weighted by molar-refractivity contribution is 7.07. The van der Waals surface area contributed by atoms with E-state index in [1.165, 1.54) is 12.8 Å². The fraction of sp³-hybridized carbons (Fsp3) is 0.250. The second-order valence-electron chi connectivity index (χ2n) is 4.08. The molecule has 7 heteroatoms. The van der Waals surface area contributed by atoms with Crippen LogP contribution in [-0.2, 0) is 19.6 Å². The van der Waals surface area contributed by atoms with Crippen LogP contribution in [0.15, 0.2) is 45.0 Å². The molecule has 3 heterocycles. The first-order chi connectivity index (χ1) is 9.40. The second-order valence-corrected chi connectivity index (χ2v) is 4.80. The summed E-state index contributed by atoms with van der Waals surface area (Å²) in [5.74, 6) is 0. The molecule has 0 saturated carbocycles. The van der Waals surface area contributed by atoms with Gasteiger partial charge in [0.15, 0.2) is 12.8 Å². The van der Waals surface area contributed by atoms with Gasteiger partial charge in [0.25, 0.3) is 0 Å². The normalized spacial score (nSPS) is 11.2. The number of hydrogen-bond acceptors (Lipinski definition) is 7. The average Bonchev–Trinajstić information content (AvgIpc) is 3.10. The molecule has 0 aliphatic carbocycles. The second kappa shape index (κ2) is 5.77. The van der Waals surface area contributed by atoms with Gasteiger partial charge in [-0.3, -0.25) is 4.90 Å². The molecule has 98 valence electrons. The molecular weight excluding hydrogens is 264 g/mol. The van der Waals surface area contributed by atoms with E-state index in [-0.39, 0.29) is 0 Å². The predicted octanol–water partition coefficient (Wildman–Crippen LogP) is 2.32. The molecule has 3 rings (SSSR count). The fourth-order valence-electron chi connectivity index (χ4n) is 1.80. The predicted molar refractivity (Wildman–Crippen MR) is 68.1 cm³/mol. The summed E-state index contributed by atoms with van der Waals surface area (Å²) in [7, 11) is 0. The van der Waals surface area contributed by atoms with Gasteiger partial charge in [0.1, 0.15) is 12.5 Å². The summed E-state index contributed by atoms with van der Waals surface area (Å²) in [5, 5.41) is 2.04. The molecule has 0 spiro atoms. The van der Waals surface area contributed by atoms with Crippen molar-refractivity contribution >= 4 is 11.3 Å². The molecular formula is C12H12N4O2S. The van der Waals surface area contributed by atoms with Crippen LogP contribution in [0.5, 0.6) is 0 Å². The first-order valence-corrected chi connectivity index (χ1v) is 6.68. The van der Waals surface area contributed by atoms with Gasteiger partial charge in [0, 0.05) is 25.0 Å². The summed E-state index contributed by atoms with van der Waals surface area (Å²) in [5.41, 5.74) is 4.65. The van der Waals surface area contributed by atoms with Crippen LogP contribution in [0.25, 0.3) is 0 Å². The number of aromatic nitrogens is 3. The largest absolute Gasteiger partial charge is 0.451 e. The monoisotopic (exact) mass is 276 g/mol. The SMILES string of the molecule is c1nc(CN(Cc2cocn2)Cc2cscn2)co1. The Morgan fingerprint density at radius 3 is 2.00 bits per heavy atom. The molecule has 0 aliphatic heterocycles. The summed E-state index contributed by atoms with van der Waals surface area (Å²) in [6, 6.07) is 0. The summed E-state index contributed by atoms with van der Waals surface area (Å²) >= 11 is 1.59. The lowest BCUT2D eigenvalue weighted by atomic mass is 10.3. The number of thiazole rings is 1. The molecule has 0 radical (unpaired) electrons. The Morgan fingerprint density at radius 2 is 1.53 bits per heavy atom.